The van der Waals surface area contributed by atoms with Crippen molar-refractivity contribution in [2.75, 3.05) is 18.1 Å². The fourth-order valence-corrected chi connectivity index (χ4v) is 4.05. The zero-order chi connectivity index (χ0) is 18.3. The molecule has 1 amide bonds. The van der Waals surface area contributed by atoms with Gasteiger partial charge in [0.15, 0.2) is 9.84 Å². The molecule has 0 aliphatic carbocycles. The Kier molecular flexibility index (Phi) is 6.96. The van der Waals surface area contributed by atoms with E-state index in [1.807, 2.05) is 49.4 Å². The summed E-state index contributed by atoms with van der Waals surface area (Å²) in [6, 6.07) is 13.4. The van der Waals surface area contributed by atoms with Crippen molar-refractivity contribution in [1.82, 2.24) is 5.32 Å². The topological polar surface area (TPSA) is 89.3 Å². The van der Waals surface area contributed by atoms with Crippen molar-refractivity contribution in [3.63, 3.8) is 0 Å². The fourth-order valence-electron chi connectivity index (χ4n) is 2.78. The van der Waals surface area contributed by atoms with Gasteiger partial charge in [0.05, 0.1) is 11.8 Å². The Labute approximate surface area is 149 Å². The standard InChI is InChI=1S/C19H26N2O3S/c1-2-3-6-11-25(23,24)14-19(22)21-18(13-20)17-10-9-15-7-4-5-8-16(15)12-17/h4-5,7-10,12,18H,2-3,6,11,13-14,20H2,1H3,(H,21,22). The van der Waals surface area contributed by atoms with E-state index in [-0.39, 0.29) is 12.3 Å². The molecule has 0 aliphatic heterocycles. The van der Waals surface area contributed by atoms with Crippen molar-refractivity contribution in [3.05, 3.63) is 48.0 Å². The van der Waals surface area contributed by atoms with E-state index < -0.39 is 27.5 Å². The summed E-state index contributed by atoms with van der Waals surface area (Å²) < 4.78 is 24.0. The molecule has 0 bridgehead atoms. The maximum absolute atomic E-state index is 12.2. The summed E-state index contributed by atoms with van der Waals surface area (Å²) in [7, 11) is -3.38. The number of unbranched alkanes of at least 4 members (excludes halogenated alkanes) is 2. The maximum atomic E-state index is 12.2. The van der Waals surface area contributed by atoms with Crippen molar-refractivity contribution in [1.29, 1.82) is 0 Å². The molecule has 0 saturated heterocycles. The molecule has 2 aromatic rings. The average Bonchev–Trinajstić information content (AvgIpc) is 2.59. The van der Waals surface area contributed by atoms with Gasteiger partial charge in [0, 0.05) is 6.54 Å². The highest BCUT2D eigenvalue weighted by Crippen LogP contribution is 2.20. The summed E-state index contributed by atoms with van der Waals surface area (Å²) in [5.74, 6) is -0.932. The molecule has 5 nitrogen and oxygen atoms in total. The van der Waals surface area contributed by atoms with Crippen LogP contribution in [0.3, 0.4) is 0 Å². The van der Waals surface area contributed by atoms with Crippen molar-refractivity contribution in [2.45, 2.75) is 32.2 Å². The third-order valence-electron chi connectivity index (χ3n) is 4.16. The number of nitrogens with two attached hydrogens (primary N) is 1. The predicted molar refractivity (Wildman–Crippen MR) is 102 cm³/mol. The van der Waals surface area contributed by atoms with E-state index in [4.69, 9.17) is 5.73 Å². The van der Waals surface area contributed by atoms with Crippen molar-refractivity contribution in [2.24, 2.45) is 5.73 Å². The van der Waals surface area contributed by atoms with Crippen LogP contribution in [-0.2, 0) is 14.6 Å². The van der Waals surface area contributed by atoms with Gasteiger partial charge in [-0.25, -0.2) is 8.42 Å². The van der Waals surface area contributed by atoms with Gasteiger partial charge in [0.2, 0.25) is 5.91 Å². The largest absolute Gasteiger partial charge is 0.347 e. The summed E-state index contributed by atoms with van der Waals surface area (Å²) >= 11 is 0. The molecular weight excluding hydrogens is 336 g/mol. The van der Waals surface area contributed by atoms with Gasteiger partial charge < -0.3 is 11.1 Å². The summed E-state index contributed by atoms with van der Waals surface area (Å²) in [5, 5.41) is 4.91. The molecule has 136 valence electrons. The molecule has 2 rings (SSSR count). The van der Waals surface area contributed by atoms with Gasteiger partial charge in [0.1, 0.15) is 5.75 Å². The Morgan fingerprint density at radius 3 is 2.52 bits per heavy atom. The molecule has 2 aromatic carbocycles. The third-order valence-corrected chi connectivity index (χ3v) is 5.77. The maximum Gasteiger partial charge on any atom is 0.235 e. The van der Waals surface area contributed by atoms with E-state index in [1.54, 1.807) is 0 Å². The molecule has 0 aliphatic rings. The number of nitrogens with one attached hydrogen (secondary N) is 1. The first-order chi connectivity index (χ1) is 11.9. The lowest BCUT2D eigenvalue weighted by Crippen LogP contribution is -2.37. The van der Waals surface area contributed by atoms with Crippen molar-refractivity contribution < 1.29 is 13.2 Å². The van der Waals surface area contributed by atoms with Gasteiger partial charge in [0.25, 0.3) is 0 Å². The van der Waals surface area contributed by atoms with Crippen LogP contribution in [0.5, 0.6) is 0 Å². The number of benzene rings is 2. The molecule has 3 N–H and O–H groups in total. The Bertz CT molecular complexity index is 818. The Hall–Kier alpha value is -1.92. The van der Waals surface area contributed by atoms with Crippen LogP contribution in [0.1, 0.15) is 37.8 Å². The molecule has 0 aromatic heterocycles. The first kappa shape index (κ1) is 19.4. The van der Waals surface area contributed by atoms with Crippen LogP contribution in [0.4, 0.5) is 0 Å². The van der Waals surface area contributed by atoms with Crippen LogP contribution in [-0.4, -0.2) is 32.4 Å². The number of carbonyl (C=O) groups is 1. The second kappa shape index (κ2) is 8.97. The quantitative estimate of drug-likeness (QED) is 0.671. The molecule has 1 unspecified atom stereocenters. The second-order valence-electron chi connectivity index (χ2n) is 6.26. The number of carbonyl (C=O) groups excluding carboxylic acids is 1. The van der Waals surface area contributed by atoms with Crippen molar-refractivity contribution in [3.8, 4) is 0 Å². The van der Waals surface area contributed by atoms with Gasteiger partial charge in [-0.2, -0.15) is 0 Å². The van der Waals surface area contributed by atoms with Gasteiger partial charge in [-0.1, -0.05) is 56.2 Å². The summed E-state index contributed by atoms with van der Waals surface area (Å²) in [4.78, 5) is 12.2. The molecular formula is C19H26N2O3S. The lowest BCUT2D eigenvalue weighted by atomic mass is 10.0. The van der Waals surface area contributed by atoms with E-state index in [1.165, 1.54) is 0 Å². The number of hydrogen-bond donors (Lipinski definition) is 2. The van der Waals surface area contributed by atoms with E-state index in [2.05, 4.69) is 5.32 Å². The van der Waals surface area contributed by atoms with Gasteiger partial charge in [-0.15, -0.1) is 0 Å². The Morgan fingerprint density at radius 1 is 1.12 bits per heavy atom. The van der Waals surface area contributed by atoms with Crippen LogP contribution in [0.15, 0.2) is 42.5 Å². The van der Waals surface area contributed by atoms with Gasteiger partial charge in [-0.3, -0.25) is 4.79 Å². The highest BCUT2D eigenvalue weighted by atomic mass is 32.2. The minimum atomic E-state index is -3.38. The molecule has 1 atom stereocenters. The van der Waals surface area contributed by atoms with E-state index in [0.29, 0.717) is 6.42 Å². The highest BCUT2D eigenvalue weighted by Gasteiger charge is 2.19. The first-order valence-corrected chi connectivity index (χ1v) is 10.5. The van der Waals surface area contributed by atoms with Crippen LogP contribution in [0.25, 0.3) is 10.8 Å². The normalized spacial score (nSPS) is 12.9. The predicted octanol–water partition coefficient (Wildman–Crippen LogP) is 2.56. The van der Waals surface area contributed by atoms with E-state index in [0.717, 1.165) is 29.2 Å². The zero-order valence-corrected chi connectivity index (χ0v) is 15.4. The Morgan fingerprint density at radius 2 is 1.84 bits per heavy atom. The minimum absolute atomic E-state index is 0.0531. The number of sulfone groups is 1. The number of hydrogen-bond acceptors (Lipinski definition) is 4. The summed E-state index contributed by atoms with van der Waals surface area (Å²) in [5.41, 5.74) is 6.67. The SMILES string of the molecule is CCCCCS(=O)(=O)CC(=O)NC(CN)c1ccc2ccccc2c1. The second-order valence-corrected chi connectivity index (χ2v) is 8.45. The number of amides is 1. The Balaban J connectivity index is 2.03. The lowest BCUT2D eigenvalue weighted by molar-refractivity contribution is -0.119. The van der Waals surface area contributed by atoms with E-state index in [9.17, 15) is 13.2 Å². The molecule has 6 heteroatoms. The summed E-state index contributed by atoms with van der Waals surface area (Å²) in [6.45, 7) is 2.22. The molecule has 0 saturated carbocycles. The molecule has 0 spiro atoms. The van der Waals surface area contributed by atoms with Gasteiger partial charge in [-0.05, 0) is 28.8 Å². The molecule has 0 radical (unpaired) electrons. The average molecular weight is 362 g/mol. The number of rotatable bonds is 9. The van der Waals surface area contributed by atoms with Crippen LogP contribution >= 0.6 is 0 Å². The third kappa shape index (κ3) is 5.83. The van der Waals surface area contributed by atoms with Crippen molar-refractivity contribution >= 4 is 26.5 Å². The van der Waals surface area contributed by atoms with Crippen LogP contribution < -0.4 is 11.1 Å². The monoisotopic (exact) mass is 362 g/mol. The zero-order valence-electron chi connectivity index (χ0n) is 14.6. The fraction of sp³-hybridized carbons (Fsp3) is 0.421. The summed E-state index contributed by atoms with van der Waals surface area (Å²) in [6.07, 6.45) is 2.39. The molecule has 0 fully saturated rings. The first-order valence-electron chi connectivity index (χ1n) is 8.63. The van der Waals surface area contributed by atoms with Crippen LogP contribution in [0.2, 0.25) is 0 Å². The van der Waals surface area contributed by atoms with Gasteiger partial charge >= 0.3 is 0 Å². The highest BCUT2D eigenvalue weighted by molar-refractivity contribution is 7.92. The lowest BCUT2D eigenvalue weighted by Gasteiger charge is -2.18. The van der Waals surface area contributed by atoms with E-state index >= 15 is 0 Å². The minimum Gasteiger partial charge on any atom is -0.347 e. The van der Waals surface area contributed by atoms with Crippen LogP contribution in [0, 0.1) is 0 Å². The smallest absolute Gasteiger partial charge is 0.235 e. The molecule has 25 heavy (non-hydrogen) atoms. The number of fused-ring (bicyclic) bond motifs is 1. The molecule has 0 heterocycles.